The second-order valence-electron chi connectivity index (χ2n) is 2.93. The van der Waals surface area contributed by atoms with Crippen LogP contribution in [-0.4, -0.2) is 19.1 Å². The number of nitrogens with two attached hydrogens (primary N) is 1. The maximum absolute atomic E-state index is 5.75. The van der Waals surface area contributed by atoms with Crippen LogP contribution in [0.1, 0.15) is 5.56 Å². The van der Waals surface area contributed by atoms with Gasteiger partial charge in [0.25, 0.3) is 0 Å². The number of hydrazine groups is 1. The second-order valence-corrected chi connectivity index (χ2v) is 2.93. The standard InChI is InChI=1S/C9H15N3/c1-12(2)11-7-8-5-3-4-6-9(8)10/h3-6,11H,7,10H2,1-2H3. The number of nitrogen functional groups attached to an aromatic ring is 1. The second kappa shape index (κ2) is 4.09. The van der Waals surface area contributed by atoms with Gasteiger partial charge in [0.1, 0.15) is 0 Å². The molecule has 1 aromatic carbocycles. The molecule has 0 amide bonds. The number of anilines is 1. The molecule has 0 unspecified atom stereocenters. The van der Waals surface area contributed by atoms with Crippen molar-refractivity contribution in [3.63, 3.8) is 0 Å². The van der Waals surface area contributed by atoms with Gasteiger partial charge in [-0.15, -0.1) is 0 Å². The molecule has 0 fully saturated rings. The van der Waals surface area contributed by atoms with Crippen molar-refractivity contribution in [1.82, 2.24) is 10.4 Å². The maximum Gasteiger partial charge on any atom is 0.0373 e. The number of para-hydroxylation sites is 1. The SMILES string of the molecule is CN(C)NCc1ccccc1N. The minimum atomic E-state index is 0.777. The molecule has 0 radical (unpaired) electrons. The lowest BCUT2D eigenvalue weighted by Crippen LogP contribution is -2.29. The Hall–Kier alpha value is -1.06. The third-order valence-electron chi connectivity index (χ3n) is 1.64. The molecular formula is C9H15N3. The van der Waals surface area contributed by atoms with Gasteiger partial charge < -0.3 is 5.73 Å². The van der Waals surface area contributed by atoms with Crippen molar-refractivity contribution in [3.8, 4) is 0 Å². The maximum atomic E-state index is 5.75. The van der Waals surface area contributed by atoms with E-state index in [4.69, 9.17) is 5.73 Å². The molecule has 0 saturated heterocycles. The average Bonchev–Trinajstić information content (AvgIpc) is 2.03. The van der Waals surface area contributed by atoms with Gasteiger partial charge in [-0.25, -0.2) is 0 Å². The van der Waals surface area contributed by atoms with Gasteiger partial charge >= 0.3 is 0 Å². The molecule has 3 heteroatoms. The van der Waals surface area contributed by atoms with Crippen LogP contribution in [0, 0.1) is 0 Å². The van der Waals surface area contributed by atoms with Gasteiger partial charge in [0, 0.05) is 26.3 Å². The van der Waals surface area contributed by atoms with Crippen molar-refractivity contribution < 1.29 is 0 Å². The number of rotatable bonds is 3. The Morgan fingerprint density at radius 3 is 2.58 bits per heavy atom. The zero-order valence-corrected chi connectivity index (χ0v) is 7.54. The highest BCUT2D eigenvalue weighted by Crippen LogP contribution is 2.09. The van der Waals surface area contributed by atoms with E-state index >= 15 is 0 Å². The third-order valence-corrected chi connectivity index (χ3v) is 1.64. The van der Waals surface area contributed by atoms with Crippen molar-refractivity contribution >= 4 is 5.69 Å². The Kier molecular flexibility index (Phi) is 3.08. The van der Waals surface area contributed by atoms with Crippen LogP contribution < -0.4 is 11.2 Å². The summed E-state index contributed by atoms with van der Waals surface area (Å²) in [7, 11) is 3.91. The fourth-order valence-corrected chi connectivity index (χ4v) is 0.938. The summed E-state index contributed by atoms with van der Waals surface area (Å²) in [6, 6.07) is 7.86. The van der Waals surface area contributed by atoms with E-state index < -0.39 is 0 Å². The molecule has 3 nitrogen and oxygen atoms in total. The summed E-state index contributed by atoms with van der Waals surface area (Å²) in [4.78, 5) is 0. The first-order valence-corrected chi connectivity index (χ1v) is 3.94. The lowest BCUT2D eigenvalue weighted by molar-refractivity contribution is 0.286. The van der Waals surface area contributed by atoms with Gasteiger partial charge in [-0.3, -0.25) is 10.4 Å². The third kappa shape index (κ3) is 2.53. The zero-order valence-electron chi connectivity index (χ0n) is 7.54. The van der Waals surface area contributed by atoms with E-state index in [2.05, 4.69) is 5.43 Å². The molecule has 0 aromatic heterocycles. The zero-order chi connectivity index (χ0) is 8.97. The molecule has 0 atom stereocenters. The summed E-state index contributed by atoms with van der Waals surface area (Å²) in [5, 5.41) is 1.91. The van der Waals surface area contributed by atoms with Crippen LogP contribution in [0.5, 0.6) is 0 Å². The summed E-state index contributed by atoms with van der Waals surface area (Å²) >= 11 is 0. The number of benzene rings is 1. The first-order chi connectivity index (χ1) is 5.70. The Morgan fingerprint density at radius 1 is 1.33 bits per heavy atom. The molecule has 0 spiro atoms. The fourth-order valence-electron chi connectivity index (χ4n) is 0.938. The first-order valence-electron chi connectivity index (χ1n) is 3.94. The number of nitrogens with zero attached hydrogens (tertiary/aromatic N) is 1. The van der Waals surface area contributed by atoms with Crippen molar-refractivity contribution in [2.45, 2.75) is 6.54 Å². The normalized spacial score (nSPS) is 10.6. The Bertz CT molecular complexity index is 245. The molecule has 0 bridgehead atoms. The van der Waals surface area contributed by atoms with Crippen LogP contribution in [0.25, 0.3) is 0 Å². The van der Waals surface area contributed by atoms with Gasteiger partial charge in [-0.2, -0.15) is 0 Å². The molecule has 0 heterocycles. The molecule has 0 saturated carbocycles. The van der Waals surface area contributed by atoms with Crippen molar-refractivity contribution in [2.75, 3.05) is 19.8 Å². The van der Waals surface area contributed by atoms with Crippen LogP contribution in [-0.2, 0) is 6.54 Å². The molecule has 0 aliphatic carbocycles. The summed E-state index contributed by atoms with van der Waals surface area (Å²) in [5.41, 5.74) is 10.9. The number of nitrogens with one attached hydrogen (secondary N) is 1. The minimum Gasteiger partial charge on any atom is -0.398 e. The Labute approximate surface area is 73.1 Å². The molecule has 0 aliphatic rings. The van der Waals surface area contributed by atoms with Gasteiger partial charge in [-0.05, 0) is 11.6 Å². The van der Waals surface area contributed by atoms with Crippen LogP contribution >= 0.6 is 0 Å². The van der Waals surface area contributed by atoms with Crippen molar-refractivity contribution in [1.29, 1.82) is 0 Å². The largest absolute Gasteiger partial charge is 0.398 e. The van der Waals surface area contributed by atoms with Crippen LogP contribution in [0.3, 0.4) is 0 Å². The number of hydrogen-bond donors (Lipinski definition) is 2. The topological polar surface area (TPSA) is 41.3 Å². The van der Waals surface area contributed by atoms with Crippen LogP contribution in [0.4, 0.5) is 5.69 Å². The van der Waals surface area contributed by atoms with E-state index in [1.807, 2.05) is 43.4 Å². The van der Waals surface area contributed by atoms with Crippen molar-refractivity contribution in [3.05, 3.63) is 29.8 Å². The van der Waals surface area contributed by atoms with Crippen LogP contribution in [0.15, 0.2) is 24.3 Å². The van der Waals surface area contributed by atoms with Gasteiger partial charge in [0.05, 0.1) is 0 Å². The average molecular weight is 165 g/mol. The molecule has 66 valence electrons. The lowest BCUT2D eigenvalue weighted by atomic mass is 10.2. The predicted octanol–water partition coefficient (Wildman–Crippen LogP) is 0.835. The van der Waals surface area contributed by atoms with E-state index in [-0.39, 0.29) is 0 Å². The Balaban J connectivity index is 2.57. The highest BCUT2D eigenvalue weighted by molar-refractivity contribution is 5.46. The first kappa shape index (κ1) is 9.03. The van der Waals surface area contributed by atoms with Gasteiger partial charge in [0.15, 0.2) is 0 Å². The molecule has 1 aromatic rings. The van der Waals surface area contributed by atoms with E-state index in [9.17, 15) is 0 Å². The fraction of sp³-hybridized carbons (Fsp3) is 0.333. The van der Waals surface area contributed by atoms with E-state index in [1.165, 1.54) is 0 Å². The smallest absolute Gasteiger partial charge is 0.0373 e. The summed E-state index contributed by atoms with van der Waals surface area (Å²) in [6.07, 6.45) is 0. The summed E-state index contributed by atoms with van der Waals surface area (Å²) in [6.45, 7) is 0.777. The van der Waals surface area contributed by atoms with Gasteiger partial charge in [0.2, 0.25) is 0 Å². The Morgan fingerprint density at radius 2 is 2.00 bits per heavy atom. The van der Waals surface area contributed by atoms with Crippen molar-refractivity contribution in [2.24, 2.45) is 0 Å². The highest BCUT2D eigenvalue weighted by Gasteiger charge is 1.96. The summed E-state index contributed by atoms with van der Waals surface area (Å²) < 4.78 is 0. The monoisotopic (exact) mass is 165 g/mol. The molecule has 1 rings (SSSR count). The predicted molar refractivity (Wildman–Crippen MR) is 51.4 cm³/mol. The molecule has 3 N–H and O–H groups in total. The summed E-state index contributed by atoms with van der Waals surface area (Å²) in [5.74, 6) is 0. The molecule has 0 aliphatic heterocycles. The van der Waals surface area contributed by atoms with E-state index in [0.717, 1.165) is 17.8 Å². The van der Waals surface area contributed by atoms with Crippen LogP contribution in [0.2, 0.25) is 0 Å². The lowest BCUT2D eigenvalue weighted by Gasteiger charge is -2.12. The quantitative estimate of drug-likeness (QED) is 0.515. The molecular weight excluding hydrogens is 150 g/mol. The highest BCUT2D eigenvalue weighted by atomic mass is 15.5. The van der Waals surface area contributed by atoms with E-state index in [1.54, 1.807) is 0 Å². The minimum absolute atomic E-state index is 0.777. The van der Waals surface area contributed by atoms with E-state index in [0.29, 0.717) is 0 Å². The number of hydrogen-bond acceptors (Lipinski definition) is 3. The van der Waals surface area contributed by atoms with Gasteiger partial charge in [-0.1, -0.05) is 18.2 Å². The molecule has 12 heavy (non-hydrogen) atoms.